The molecule has 0 saturated heterocycles. The topological polar surface area (TPSA) is 108 Å². The van der Waals surface area contributed by atoms with Crippen molar-refractivity contribution in [1.29, 1.82) is 0 Å². The molecule has 1 atom stereocenters. The molecule has 0 bridgehead atoms. The highest BCUT2D eigenvalue weighted by molar-refractivity contribution is 6.34. The minimum Gasteiger partial charge on any atom is -0.481 e. The Morgan fingerprint density at radius 2 is 1.81 bits per heavy atom. The second kappa shape index (κ2) is 9.60. The molecule has 0 spiro atoms. The minimum atomic E-state index is -0.954. The second-order valence-corrected chi connectivity index (χ2v) is 8.31. The van der Waals surface area contributed by atoms with Crippen molar-refractivity contribution >= 4 is 35.2 Å². The van der Waals surface area contributed by atoms with E-state index in [0.717, 1.165) is 0 Å². The van der Waals surface area contributed by atoms with Crippen LogP contribution in [0.5, 0.6) is 0 Å². The molecule has 7 nitrogen and oxygen atoms in total. The Balaban J connectivity index is 2.82. The monoisotopic (exact) mass is 397 g/mol. The fourth-order valence-electron chi connectivity index (χ4n) is 2.43. The van der Waals surface area contributed by atoms with Crippen LogP contribution >= 0.6 is 11.6 Å². The molecule has 0 aliphatic carbocycles. The van der Waals surface area contributed by atoms with Crippen molar-refractivity contribution < 1.29 is 19.5 Å². The minimum absolute atomic E-state index is 0.00480. The highest BCUT2D eigenvalue weighted by atomic mass is 35.5. The van der Waals surface area contributed by atoms with Gasteiger partial charge in [0, 0.05) is 17.8 Å². The number of carbonyl (C=O) groups is 3. The van der Waals surface area contributed by atoms with Crippen molar-refractivity contribution in [3.63, 3.8) is 0 Å². The number of hydrogen-bond donors (Lipinski definition) is 4. The van der Waals surface area contributed by atoms with Crippen LogP contribution in [-0.2, 0) is 4.79 Å². The number of rotatable bonds is 7. The van der Waals surface area contributed by atoms with Gasteiger partial charge in [0.1, 0.15) is 0 Å². The zero-order valence-electron chi connectivity index (χ0n) is 16.4. The first-order chi connectivity index (χ1) is 12.4. The summed E-state index contributed by atoms with van der Waals surface area (Å²) in [5.74, 6) is -1.92. The molecule has 27 heavy (non-hydrogen) atoms. The molecular formula is C19H28ClN3O4. The van der Waals surface area contributed by atoms with E-state index < -0.39 is 29.4 Å². The molecule has 0 radical (unpaired) electrons. The maximum absolute atomic E-state index is 12.4. The van der Waals surface area contributed by atoms with Crippen LogP contribution in [-0.4, -0.2) is 35.1 Å². The average molecular weight is 398 g/mol. The lowest BCUT2D eigenvalue weighted by Gasteiger charge is -2.21. The van der Waals surface area contributed by atoms with Crippen molar-refractivity contribution in [2.45, 2.75) is 46.6 Å². The molecule has 3 amide bonds. The zero-order valence-corrected chi connectivity index (χ0v) is 17.1. The van der Waals surface area contributed by atoms with Gasteiger partial charge in [-0.1, -0.05) is 25.4 Å². The van der Waals surface area contributed by atoms with E-state index in [9.17, 15) is 19.5 Å². The van der Waals surface area contributed by atoms with Crippen LogP contribution in [0, 0.1) is 11.8 Å². The average Bonchev–Trinajstić information content (AvgIpc) is 2.50. The number of urea groups is 1. The Morgan fingerprint density at radius 3 is 2.33 bits per heavy atom. The Morgan fingerprint density at radius 1 is 1.19 bits per heavy atom. The van der Waals surface area contributed by atoms with Crippen LogP contribution in [0.2, 0.25) is 5.02 Å². The molecule has 0 aliphatic heterocycles. The van der Waals surface area contributed by atoms with Gasteiger partial charge in [0.15, 0.2) is 0 Å². The van der Waals surface area contributed by atoms with Crippen molar-refractivity contribution in [2.75, 3.05) is 11.9 Å². The predicted octanol–water partition coefficient (Wildman–Crippen LogP) is 3.74. The lowest BCUT2D eigenvalue weighted by atomic mass is 9.97. The molecule has 1 aromatic carbocycles. The van der Waals surface area contributed by atoms with Gasteiger partial charge < -0.3 is 21.1 Å². The van der Waals surface area contributed by atoms with E-state index >= 15 is 0 Å². The fraction of sp³-hybridized carbons (Fsp3) is 0.526. The summed E-state index contributed by atoms with van der Waals surface area (Å²) in [6.07, 6.45) is 0.456. The van der Waals surface area contributed by atoms with E-state index in [0.29, 0.717) is 12.1 Å². The number of anilines is 1. The summed E-state index contributed by atoms with van der Waals surface area (Å²) in [6.45, 7) is 9.40. The van der Waals surface area contributed by atoms with Gasteiger partial charge in [0.2, 0.25) is 0 Å². The predicted molar refractivity (Wildman–Crippen MR) is 106 cm³/mol. The Bertz CT molecular complexity index is 699. The number of halogens is 1. The van der Waals surface area contributed by atoms with E-state index in [4.69, 9.17) is 11.6 Å². The van der Waals surface area contributed by atoms with Gasteiger partial charge in [-0.2, -0.15) is 0 Å². The summed E-state index contributed by atoms with van der Waals surface area (Å²) < 4.78 is 0. The summed E-state index contributed by atoms with van der Waals surface area (Å²) in [7, 11) is 0. The van der Waals surface area contributed by atoms with Crippen molar-refractivity contribution in [3.8, 4) is 0 Å². The summed E-state index contributed by atoms with van der Waals surface area (Å²) >= 11 is 6.09. The standard InChI is InChI=1S/C19H28ClN3O4/c1-11(2)8-12(17(25)26)10-21-16(24)14-9-13(6-7-15(14)20)22-18(27)23-19(3,4)5/h6-7,9,11-12H,8,10H2,1-5H3,(H,21,24)(H,25,26)(H2,22,23,27). The van der Waals surface area contributed by atoms with Crippen LogP contribution in [0.25, 0.3) is 0 Å². The number of carboxylic acids is 1. The quantitative estimate of drug-likeness (QED) is 0.562. The third kappa shape index (κ3) is 8.30. The number of aliphatic carboxylic acids is 1. The summed E-state index contributed by atoms with van der Waals surface area (Å²) in [5, 5.41) is 17.5. The lowest BCUT2D eigenvalue weighted by molar-refractivity contribution is -0.142. The van der Waals surface area contributed by atoms with Gasteiger partial charge in [0.25, 0.3) is 5.91 Å². The molecule has 4 N–H and O–H groups in total. The first-order valence-corrected chi connectivity index (χ1v) is 9.16. The fourth-order valence-corrected chi connectivity index (χ4v) is 2.63. The maximum Gasteiger partial charge on any atom is 0.319 e. The van der Waals surface area contributed by atoms with E-state index in [1.165, 1.54) is 12.1 Å². The van der Waals surface area contributed by atoms with Crippen LogP contribution in [0.3, 0.4) is 0 Å². The van der Waals surface area contributed by atoms with E-state index in [2.05, 4.69) is 16.0 Å². The van der Waals surface area contributed by atoms with Crippen molar-refractivity contribution in [3.05, 3.63) is 28.8 Å². The molecule has 1 aromatic rings. The molecule has 0 fully saturated rings. The molecule has 0 heterocycles. The summed E-state index contributed by atoms with van der Waals surface area (Å²) in [5.41, 5.74) is 0.168. The zero-order chi connectivity index (χ0) is 20.8. The maximum atomic E-state index is 12.4. The van der Waals surface area contributed by atoms with Crippen LogP contribution in [0.1, 0.15) is 51.4 Å². The smallest absolute Gasteiger partial charge is 0.319 e. The third-order valence-electron chi connectivity index (χ3n) is 3.57. The molecule has 1 unspecified atom stereocenters. The molecule has 150 valence electrons. The molecule has 0 aromatic heterocycles. The number of carbonyl (C=O) groups excluding carboxylic acids is 2. The first-order valence-electron chi connectivity index (χ1n) is 8.78. The second-order valence-electron chi connectivity index (χ2n) is 7.90. The normalized spacial score (nSPS) is 12.4. The number of hydrogen-bond acceptors (Lipinski definition) is 3. The molecule has 0 saturated carbocycles. The van der Waals surface area contributed by atoms with Crippen molar-refractivity contribution in [2.24, 2.45) is 11.8 Å². The molecule has 1 rings (SSSR count). The Labute approximate surface area is 164 Å². The summed E-state index contributed by atoms with van der Waals surface area (Å²) in [4.78, 5) is 35.7. The van der Waals surface area contributed by atoms with Crippen LogP contribution < -0.4 is 16.0 Å². The SMILES string of the molecule is CC(C)CC(CNC(=O)c1cc(NC(=O)NC(C)(C)C)ccc1Cl)C(=O)O. The van der Waals surface area contributed by atoms with E-state index in [-0.39, 0.29) is 23.0 Å². The number of carboxylic acid groups (broad SMARTS) is 1. The lowest BCUT2D eigenvalue weighted by Crippen LogP contribution is -2.43. The van der Waals surface area contributed by atoms with Gasteiger partial charge in [-0.15, -0.1) is 0 Å². The van der Waals surface area contributed by atoms with Gasteiger partial charge in [0.05, 0.1) is 16.5 Å². The number of amides is 3. The largest absolute Gasteiger partial charge is 0.481 e. The van der Waals surface area contributed by atoms with Crippen LogP contribution in [0.15, 0.2) is 18.2 Å². The summed E-state index contributed by atoms with van der Waals surface area (Å²) in [6, 6.07) is 4.14. The van der Waals surface area contributed by atoms with Crippen LogP contribution in [0.4, 0.5) is 10.5 Å². The molecule has 8 heteroatoms. The first kappa shape index (κ1) is 22.8. The van der Waals surface area contributed by atoms with Gasteiger partial charge in [-0.3, -0.25) is 9.59 Å². The van der Waals surface area contributed by atoms with Crippen molar-refractivity contribution in [1.82, 2.24) is 10.6 Å². The Hall–Kier alpha value is -2.28. The van der Waals surface area contributed by atoms with Gasteiger partial charge in [-0.05, 0) is 51.3 Å². The van der Waals surface area contributed by atoms with Gasteiger partial charge in [-0.25, -0.2) is 4.79 Å². The molecule has 0 aliphatic rings. The number of nitrogens with one attached hydrogen (secondary N) is 3. The highest BCUT2D eigenvalue weighted by Crippen LogP contribution is 2.21. The Kier molecular flexibility index (Phi) is 8.09. The molecular weight excluding hydrogens is 370 g/mol. The van der Waals surface area contributed by atoms with Gasteiger partial charge >= 0.3 is 12.0 Å². The van der Waals surface area contributed by atoms with E-state index in [1.54, 1.807) is 6.07 Å². The highest BCUT2D eigenvalue weighted by Gasteiger charge is 2.21. The van der Waals surface area contributed by atoms with E-state index in [1.807, 2.05) is 34.6 Å². The third-order valence-corrected chi connectivity index (χ3v) is 3.90. The number of benzene rings is 1.